The topological polar surface area (TPSA) is 14.1 Å². The van der Waals surface area contributed by atoms with Gasteiger partial charge in [0, 0.05) is 12.2 Å². The molecule has 0 aliphatic carbocycles. The van der Waals surface area contributed by atoms with Crippen molar-refractivity contribution < 1.29 is 8.78 Å². The Morgan fingerprint density at radius 2 is 1.87 bits per heavy atom. The number of benzene rings is 1. The monoisotopic (exact) mass is 248 g/mol. The van der Waals surface area contributed by atoms with Gasteiger partial charge in [-0.05, 0) is 6.07 Å². The highest BCUT2D eigenvalue weighted by atomic mass is 35.5. The average molecular weight is 249 g/mol. The highest BCUT2D eigenvalue weighted by Crippen LogP contribution is 2.26. The second-order valence-electron chi connectivity index (χ2n) is 4.59. The highest BCUT2D eigenvalue weighted by molar-refractivity contribution is 6.76. The van der Waals surface area contributed by atoms with E-state index in [-0.39, 0.29) is 10.7 Å². The molecule has 83 valence electrons. The third kappa shape index (κ3) is 3.79. The van der Waals surface area contributed by atoms with Crippen LogP contribution in [0.25, 0.3) is 0 Å². The lowest BCUT2D eigenvalue weighted by molar-refractivity contribution is 0.580. The van der Waals surface area contributed by atoms with E-state index in [1.54, 1.807) is 0 Å². The van der Waals surface area contributed by atoms with Gasteiger partial charge in [0.15, 0.2) is 5.82 Å². The second-order valence-corrected chi connectivity index (χ2v) is 10.4. The molecule has 1 rings (SSSR count). The molecule has 0 amide bonds. The first-order valence-electron chi connectivity index (χ1n) is 4.62. The Morgan fingerprint density at radius 3 is 2.33 bits per heavy atom. The number of hydrogen-bond donors (Lipinski definition) is 0. The zero-order chi connectivity index (χ0) is 11.6. The Kier molecular flexibility index (Phi) is 3.73. The van der Waals surface area contributed by atoms with E-state index in [0.29, 0.717) is 6.17 Å². The largest absolute Gasteiger partial charge is 0.284 e. The molecule has 0 bridgehead atoms. The van der Waals surface area contributed by atoms with Gasteiger partial charge in [0.05, 0.1) is 13.1 Å². The van der Waals surface area contributed by atoms with Gasteiger partial charge < -0.3 is 0 Å². The lowest BCUT2D eigenvalue weighted by Gasteiger charge is -2.16. The van der Waals surface area contributed by atoms with Gasteiger partial charge in [-0.15, -0.1) is 0 Å². The van der Waals surface area contributed by atoms with Crippen LogP contribution in [-0.2, 0) is 0 Å². The summed E-state index contributed by atoms with van der Waals surface area (Å²) in [6.45, 7) is 6.35. The van der Waals surface area contributed by atoms with Crippen LogP contribution < -0.4 is 5.32 Å². The Balaban J connectivity index is 2.86. The normalized spacial score (nSPS) is 11.6. The van der Waals surface area contributed by atoms with Crippen LogP contribution in [-0.4, -0.2) is 14.2 Å². The Labute approximate surface area is 94.5 Å². The minimum absolute atomic E-state index is 0.0331. The summed E-state index contributed by atoms with van der Waals surface area (Å²) in [6, 6.07) is 1.88. The molecule has 0 aliphatic heterocycles. The van der Waals surface area contributed by atoms with Gasteiger partial charge in [-0.1, -0.05) is 31.2 Å². The number of nitrogens with zero attached hydrogens (tertiary/aromatic N) is 1. The first-order chi connectivity index (χ1) is 6.79. The molecule has 0 aliphatic rings. The SMILES string of the molecule is C[Si](C)(C)C[N]c1c(F)cc(F)cc1Cl. The predicted molar refractivity (Wildman–Crippen MR) is 61.4 cm³/mol. The van der Waals surface area contributed by atoms with Crippen molar-refractivity contribution in [2.45, 2.75) is 19.6 Å². The summed E-state index contributed by atoms with van der Waals surface area (Å²) in [5.74, 6) is -1.37. The fourth-order valence-electron chi connectivity index (χ4n) is 1.00. The van der Waals surface area contributed by atoms with E-state index in [2.05, 4.69) is 25.0 Å². The van der Waals surface area contributed by atoms with Gasteiger partial charge in [-0.3, -0.25) is 5.32 Å². The molecule has 0 atom stereocenters. The van der Waals surface area contributed by atoms with E-state index in [9.17, 15) is 8.78 Å². The van der Waals surface area contributed by atoms with Gasteiger partial charge in [0.1, 0.15) is 11.5 Å². The van der Waals surface area contributed by atoms with Crippen molar-refractivity contribution in [3.05, 3.63) is 28.8 Å². The van der Waals surface area contributed by atoms with Crippen LogP contribution in [0.1, 0.15) is 0 Å². The third-order valence-corrected chi connectivity index (χ3v) is 3.09. The number of halogens is 3. The van der Waals surface area contributed by atoms with Gasteiger partial charge in [0.25, 0.3) is 0 Å². The van der Waals surface area contributed by atoms with Gasteiger partial charge in [-0.25, -0.2) is 8.78 Å². The summed E-state index contributed by atoms with van der Waals surface area (Å²) in [6.07, 6.45) is 0.579. The molecular weight excluding hydrogens is 236 g/mol. The molecule has 1 nitrogen and oxygen atoms in total. The van der Waals surface area contributed by atoms with Crippen LogP contribution in [0.2, 0.25) is 24.7 Å². The summed E-state index contributed by atoms with van der Waals surface area (Å²) in [4.78, 5) is 0. The van der Waals surface area contributed by atoms with Crippen molar-refractivity contribution >= 4 is 25.4 Å². The molecule has 1 aromatic carbocycles. The van der Waals surface area contributed by atoms with E-state index < -0.39 is 19.7 Å². The van der Waals surface area contributed by atoms with Gasteiger partial charge >= 0.3 is 0 Å². The van der Waals surface area contributed by atoms with Crippen LogP contribution in [0.5, 0.6) is 0 Å². The zero-order valence-electron chi connectivity index (χ0n) is 8.94. The quantitative estimate of drug-likeness (QED) is 0.724. The van der Waals surface area contributed by atoms with Crippen LogP contribution in [0.15, 0.2) is 12.1 Å². The Hall–Kier alpha value is -0.613. The van der Waals surface area contributed by atoms with E-state index >= 15 is 0 Å². The van der Waals surface area contributed by atoms with Gasteiger partial charge in [-0.2, -0.15) is 0 Å². The zero-order valence-corrected chi connectivity index (χ0v) is 10.7. The predicted octanol–water partition coefficient (Wildman–Crippen LogP) is 3.73. The molecule has 0 unspecified atom stereocenters. The maximum Gasteiger partial charge on any atom is 0.152 e. The molecule has 0 fully saturated rings. The standard InChI is InChI=1S/C10H13ClF2NSi/c1-15(2,3)6-14-10-8(11)4-7(12)5-9(10)13/h4-5H,6H2,1-3H3. The summed E-state index contributed by atoms with van der Waals surface area (Å²) in [5.41, 5.74) is 0.0699. The lowest BCUT2D eigenvalue weighted by Crippen LogP contribution is -2.31. The average Bonchev–Trinajstić information content (AvgIpc) is 1.99. The van der Waals surface area contributed by atoms with Crippen molar-refractivity contribution in [3.63, 3.8) is 0 Å². The van der Waals surface area contributed by atoms with E-state index in [1.165, 1.54) is 0 Å². The van der Waals surface area contributed by atoms with Crippen LogP contribution in [0.4, 0.5) is 14.5 Å². The summed E-state index contributed by atoms with van der Waals surface area (Å²) in [5, 5.41) is 4.14. The van der Waals surface area contributed by atoms with Crippen LogP contribution in [0, 0.1) is 11.6 Å². The minimum Gasteiger partial charge on any atom is -0.284 e. The van der Waals surface area contributed by atoms with E-state index in [0.717, 1.165) is 12.1 Å². The molecule has 0 spiro atoms. The highest BCUT2D eigenvalue weighted by Gasteiger charge is 2.17. The molecule has 5 heteroatoms. The number of hydrogen-bond acceptors (Lipinski definition) is 0. The molecule has 0 N–H and O–H groups in total. The maximum atomic E-state index is 13.3. The molecular formula is C10H13ClF2NSi. The lowest BCUT2D eigenvalue weighted by atomic mass is 10.3. The van der Waals surface area contributed by atoms with Crippen molar-refractivity contribution in [3.8, 4) is 0 Å². The fourth-order valence-corrected chi connectivity index (χ4v) is 1.89. The summed E-state index contributed by atoms with van der Waals surface area (Å²) >= 11 is 5.71. The molecule has 15 heavy (non-hydrogen) atoms. The molecule has 0 heterocycles. The van der Waals surface area contributed by atoms with Gasteiger partial charge in [0.2, 0.25) is 0 Å². The first-order valence-corrected chi connectivity index (χ1v) is 8.70. The van der Waals surface area contributed by atoms with Crippen molar-refractivity contribution in [2.24, 2.45) is 0 Å². The Bertz CT molecular complexity index is 340. The maximum absolute atomic E-state index is 13.3. The molecule has 0 saturated carbocycles. The third-order valence-electron chi connectivity index (χ3n) is 1.69. The molecule has 1 radical (unpaired) electrons. The first kappa shape index (κ1) is 12.5. The van der Waals surface area contributed by atoms with Crippen molar-refractivity contribution in [2.75, 3.05) is 6.17 Å². The van der Waals surface area contributed by atoms with Crippen LogP contribution >= 0.6 is 11.6 Å². The smallest absolute Gasteiger partial charge is 0.152 e. The summed E-state index contributed by atoms with van der Waals surface area (Å²) in [7, 11) is -1.39. The molecule has 0 aromatic heterocycles. The van der Waals surface area contributed by atoms with Crippen molar-refractivity contribution in [1.82, 2.24) is 5.32 Å². The Morgan fingerprint density at radius 1 is 1.27 bits per heavy atom. The summed E-state index contributed by atoms with van der Waals surface area (Å²) < 4.78 is 26.0. The minimum atomic E-state index is -1.39. The van der Waals surface area contributed by atoms with Crippen molar-refractivity contribution in [1.29, 1.82) is 0 Å². The second kappa shape index (κ2) is 4.49. The molecule has 1 aromatic rings. The fraction of sp³-hybridized carbons (Fsp3) is 0.400. The number of rotatable bonds is 3. The van der Waals surface area contributed by atoms with E-state index in [1.807, 2.05) is 0 Å². The van der Waals surface area contributed by atoms with Crippen LogP contribution in [0.3, 0.4) is 0 Å². The molecule has 0 saturated heterocycles. The van der Waals surface area contributed by atoms with E-state index in [4.69, 9.17) is 11.6 Å².